The van der Waals surface area contributed by atoms with Crippen LogP contribution in [0.4, 0.5) is 0 Å². The molecule has 0 spiro atoms. The summed E-state index contributed by atoms with van der Waals surface area (Å²) in [5, 5.41) is 9.20. The minimum Gasteiger partial charge on any atom is -0.411 e. The summed E-state index contributed by atoms with van der Waals surface area (Å²) >= 11 is 7.55. The summed E-state index contributed by atoms with van der Waals surface area (Å²) in [7, 11) is 0. The number of rotatable bonds is 6. The normalized spacial score (nSPS) is 18.7. The lowest BCUT2D eigenvalue weighted by molar-refractivity contribution is -0.135. The van der Waals surface area contributed by atoms with Gasteiger partial charge >= 0.3 is 0 Å². The first-order valence-corrected chi connectivity index (χ1v) is 12.1. The SMILES string of the molecule is O=C(CSc1nnc(-c2ccccc2Cl)o1)N(C1CCCCC1)C1CCCCC1. The van der Waals surface area contributed by atoms with E-state index in [1.54, 1.807) is 6.07 Å². The molecule has 2 saturated carbocycles. The maximum absolute atomic E-state index is 13.2. The van der Waals surface area contributed by atoms with E-state index in [9.17, 15) is 4.79 Å². The molecule has 2 aliphatic carbocycles. The third-order valence-corrected chi connectivity index (χ3v) is 7.19. The van der Waals surface area contributed by atoms with Gasteiger partial charge < -0.3 is 9.32 Å². The molecule has 156 valence electrons. The fourth-order valence-electron chi connectivity index (χ4n) is 4.63. The second-order valence-electron chi connectivity index (χ2n) is 8.03. The van der Waals surface area contributed by atoms with Gasteiger partial charge in [0.25, 0.3) is 5.22 Å². The van der Waals surface area contributed by atoms with E-state index in [0.29, 0.717) is 39.5 Å². The second kappa shape index (κ2) is 9.98. The summed E-state index contributed by atoms with van der Waals surface area (Å²) in [6, 6.07) is 8.20. The van der Waals surface area contributed by atoms with Gasteiger partial charge in [0.05, 0.1) is 16.3 Å². The maximum atomic E-state index is 13.2. The number of benzene rings is 1. The third kappa shape index (κ3) is 5.15. The van der Waals surface area contributed by atoms with Crippen molar-refractivity contribution in [1.29, 1.82) is 0 Å². The number of carbonyl (C=O) groups is 1. The fourth-order valence-corrected chi connectivity index (χ4v) is 5.48. The Balaban J connectivity index is 1.42. The molecule has 4 rings (SSSR count). The van der Waals surface area contributed by atoms with Crippen LogP contribution in [0.15, 0.2) is 33.9 Å². The molecule has 1 amide bonds. The van der Waals surface area contributed by atoms with Crippen molar-refractivity contribution in [2.75, 3.05) is 5.75 Å². The molecule has 0 atom stereocenters. The lowest BCUT2D eigenvalue weighted by Crippen LogP contribution is -2.49. The molecular formula is C22H28ClN3O2S. The lowest BCUT2D eigenvalue weighted by atomic mass is 9.88. The summed E-state index contributed by atoms with van der Waals surface area (Å²) in [5.41, 5.74) is 0.714. The average Bonchev–Trinajstić information content (AvgIpc) is 3.23. The van der Waals surface area contributed by atoms with Crippen LogP contribution in [0, 0.1) is 0 Å². The number of carbonyl (C=O) groups excluding carboxylic acids is 1. The zero-order chi connectivity index (χ0) is 20.1. The standard InChI is InChI=1S/C22H28ClN3O2S/c23-19-14-8-7-13-18(19)21-24-25-22(28-21)29-15-20(27)26(16-9-3-1-4-10-16)17-11-5-2-6-12-17/h7-8,13-14,16-17H,1-6,9-12,15H2. The molecule has 2 aromatic rings. The monoisotopic (exact) mass is 433 g/mol. The van der Waals surface area contributed by atoms with E-state index in [-0.39, 0.29) is 5.91 Å². The molecule has 1 aromatic carbocycles. The highest BCUT2D eigenvalue weighted by Crippen LogP contribution is 2.32. The van der Waals surface area contributed by atoms with Crippen LogP contribution in [0.1, 0.15) is 64.2 Å². The topological polar surface area (TPSA) is 59.2 Å². The Hall–Kier alpha value is -1.53. The van der Waals surface area contributed by atoms with Gasteiger partial charge in [0.1, 0.15) is 0 Å². The van der Waals surface area contributed by atoms with Crippen LogP contribution in [-0.2, 0) is 4.79 Å². The Kier molecular flexibility index (Phi) is 7.14. The first-order chi connectivity index (χ1) is 14.2. The van der Waals surface area contributed by atoms with Crippen LogP contribution in [0.2, 0.25) is 5.02 Å². The van der Waals surface area contributed by atoms with Gasteiger partial charge in [0.15, 0.2) is 0 Å². The summed E-state index contributed by atoms with van der Waals surface area (Å²) in [4.78, 5) is 15.5. The first kappa shape index (κ1) is 20.7. The largest absolute Gasteiger partial charge is 0.411 e. The Morgan fingerprint density at radius 1 is 1.00 bits per heavy atom. The summed E-state index contributed by atoms with van der Waals surface area (Å²) in [6.07, 6.45) is 12.1. The number of hydrogen-bond acceptors (Lipinski definition) is 5. The van der Waals surface area contributed by atoms with Crippen LogP contribution in [0.5, 0.6) is 0 Å². The maximum Gasteiger partial charge on any atom is 0.277 e. The van der Waals surface area contributed by atoms with E-state index >= 15 is 0 Å². The molecule has 0 saturated heterocycles. The Morgan fingerprint density at radius 2 is 1.62 bits per heavy atom. The van der Waals surface area contributed by atoms with Gasteiger partial charge in [-0.25, -0.2) is 0 Å². The highest BCUT2D eigenvalue weighted by atomic mass is 35.5. The van der Waals surface area contributed by atoms with Crippen molar-refractivity contribution < 1.29 is 9.21 Å². The zero-order valence-corrected chi connectivity index (χ0v) is 18.3. The van der Waals surface area contributed by atoms with Gasteiger partial charge in [-0.15, -0.1) is 10.2 Å². The van der Waals surface area contributed by atoms with Gasteiger partial charge in [0.2, 0.25) is 11.8 Å². The van der Waals surface area contributed by atoms with Crippen LogP contribution >= 0.6 is 23.4 Å². The Bertz CT molecular complexity index is 798. The van der Waals surface area contributed by atoms with Gasteiger partial charge in [0, 0.05) is 12.1 Å². The highest BCUT2D eigenvalue weighted by Gasteiger charge is 2.32. The summed E-state index contributed by atoms with van der Waals surface area (Å²) < 4.78 is 5.76. The molecule has 29 heavy (non-hydrogen) atoms. The second-order valence-corrected chi connectivity index (χ2v) is 9.36. The number of nitrogens with zero attached hydrogens (tertiary/aromatic N) is 3. The van der Waals surface area contributed by atoms with Crippen molar-refractivity contribution in [1.82, 2.24) is 15.1 Å². The molecule has 0 aliphatic heterocycles. The first-order valence-electron chi connectivity index (χ1n) is 10.7. The van der Waals surface area contributed by atoms with Crippen LogP contribution in [0.3, 0.4) is 0 Å². The lowest BCUT2D eigenvalue weighted by Gasteiger charge is -2.41. The van der Waals surface area contributed by atoms with Crippen molar-refractivity contribution in [3.05, 3.63) is 29.3 Å². The van der Waals surface area contributed by atoms with E-state index in [0.717, 1.165) is 25.7 Å². The van der Waals surface area contributed by atoms with Crippen molar-refractivity contribution in [2.24, 2.45) is 0 Å². The molecule has 1 heterocycles. The molecule has 2 aliphatic rings. The predicted molar refractivity (Wildman–Crippen MR) is 116 cm³/mol. The van der Waals surface area contributed by atoms with Crippen LogP contribution in [0.25, 0.3) is 11.5 Å². The molecule has 1 aromatic heterocycles. The summed E-state index contributed by atoms with van der Waals surface area (Å²) in [6.45, 7) is 0. The predicted octanol–water partition coefficient (Wildman–Crippen LogP) is 5.98. The summed E-state index contributed by atoms with van der Waals surface area (Å²) in [5.74, 6) is 0.949. The average molecular weight is 434 g/mol. The zero-order valence-electron chi connectivity index (χ0n) is 16.7. The number of aromatic nitrogens is 2. The van der Waals surface area contributed by atoms with Crippen molar-refractivity contribution >= 4 is 29.3 Å². The molecule has 0 N–H and O–H groups in total. The Labute approximate surface area is 181 Å². The molecule has 7 heteroatoms. The van der Waals surface area contributed by atoms with Gasteiger partial charge in [-0.3, -0.25) is 4.79 Å². The van der Waals surface area contributed by atoms with Crippen LogP contribution < -0.4 is 0 Å². The molecule has 2 fully saturated rings. The molecular weight excluding hydrogens is 406 g/mol. The number of amides is 1. The number of halogens is 1. The smallest absolute Gasteiger partial charge is 0.277 e. The van der Waals surface area contributed by atoms with E-state index in [1.165, 1.54) is 50.3 Å². The molecule has 0 radical (unpaired) electrons. The highest BCUT2D eigenvalue weighted by molar-refractivity contribution is 7.99. The quantitative estimate of drug-likeness (QED) is 0.524. The molecule has 0 bridgehead atoms. The number of hydrogen-bond donors (Lipinski definition) is 0. The van der Waals surface area contributed by atoms with Crippen molar-refractivity contribution in [3.63, 3.8) is 0 Å². The minimum absolute atomic E-state index is 0.214. The van der Waals surface area contributed by atoms with Gasteiger partial charge in [-0.05, 0) is 37.8 Å². The van der Waals surface area contributed by atoms with Gasteiger partial charge in [-0.1, -0.05) is 74.0 Å². The van der Waals surface area contributed by atoms with E-state index < -0.39 is 0 Å². The van der Waals surface area contributed by atoms with Crippen molar-refractivity contribution in [2.45, 2.75) is 81.5 Å². The van der Waals surface area contributed by atoms with E-state index in [4.69, 9.17) is 16.0 Å². The fraction of sp³-hybridized carbons (Fsp3) is 0.591. The third-order valence-electron chi connectivity index (χ3n) is 6.05. The van der Waals surface area contributed by atoms with Crippen molar-refractivity contribution in [3.8, 4) is 11.5 Å². The van der Waals surface area contributed by atoms with E-state index in [1.807, 2.05) is 18.2 Å². The Morgan fingerprint density at radius 3 is 2.24 bits per heavy atom. The van der Waals surface area contributed by atoms with E-state index in [2.05, 4.69) is 15.1 Å². The van der Waals surface area contributed by atoms with Gasteiger partial charge in [-0.2, -0.15) is 0 Å². The molecule has 5 nitrogen and oxygen atoms in total. The number of thioether (sulfide) groups is 1. The molecule has 0 unspecified atom stereocenters. The van der Waals surface area contributed by atoms with Crippen LogP contribution in [-0.4, -0.2) is 38.8 Å². The minimum atomic E-state index is 0.214.